The molecule has 112 valence electrons. The fraction of sp³-hybridized carbons (Fsp3) is 0.500. The van der Waals surface area contributed by atoms with Crippen LogP contribution in [0.25, 0.3) is 0 Å². The number of hydrogen-bond acceptors (Lipinski definition) is 6. The van der Waals surface area contributed by atoms with Crippen LogP contribution >= 0.6 is 0 Å². The molecule has 1 heterocycles. The highest BCUT2D eigenvalue weighted by Gasteiger charge is 2.31. The summed E-state index contributed by atoms with van der Waals surface area (Å²) in [5.74, 6) is 0. The Balaban J connectivity index is 2.41. The quantitative estimate of drug-likeness (QED) is 0.622. The lowest BCUT2D eigenvalue weighted by molar-refractivity contribution is 0.0572. The summed E-state index contributed by atoms with van der Waals surface area (Å²) in [6, 6.07) is 4.43. The molecular formula is C12H19N3O4S. The first-order valence-corrected chi connectivity index (χ1v) is 7.60. The molecule has 4 N–H and O–H groups in total. The number of anilines is 2. The molecule has 0 saturated carbocycles. The molecule has 1 fully saturated rings. The number of nitrogens with zero attached hydrogens (tertiary/aromatic N) is 2. The zero-order valence-corrected chi connectivity index (χ0v) is 12.2. The largest absolute Gasteiger partial charge is 0.397 e. The standard InChI is InChI=1S/C12H19N3O4S/c1-14(2)20(18,19)8-3-4-9(13)10(5-8)15-6-11(16)12(17)7-15/h3-5,11-12,16-17H,6-7,13H2,1-2H3. The van der Waals surface area contributed by atoms with Crippen LogP contribution in [0.5, 0.6) is 0 Å². The third-order valence-electron chi connectivity index (χ3n) is 3.38. The maximum Gasteiger partial charge on any atom is 0.242 e. The summed E-state index contributed by atoms with van der Waals surface area (Å²) in [5, 5.41) is 19.2. The number of rotatable bonds is 3. The Kier molecular flexibility index (Phi) is 3.92. The van der Waals surface area contributed by atoms with E-state index in [9.17, 15) is 18.6 Å². The first-order valence-electron chi connectivity index (χ1n) is 6.16. The second-order valence-electron chi connectivity index (χ2n) is 5.05. The van der Waals surface area contributed by atoms with Gasteiger partial charge in [-0.25, -0.2) is 12.7 Å². The Morgan fingerprint density at radius 3 is 2.30 bits per heavy atom. The van der Waals surface area contributed by atoms with Crippen LogP contribution in [0.4, 0.5) is 11.4 Å². The Hall–Kier alpha value is -1.35. The van der Waals surface area contributed by atoms with Crippen LogP contribution in [-0.4, -0.2) is 62.3 Å². The maximum absolute atomic E-state index is 12.1. The highest BCUT2D eigenvalue weighted by molar-refractivity contribution is 7.89. The lowest BCUT2D eigenvalue weighted by atomic mass is 10.2. The summed E-state index contributed by atoms with van der Waals surface area (Å²) >= 11 is 0. The van der Waals surface area contributed by atoms with Crippen LogP contribution in [0.15, 0.2) is 23.1 Å². The molecule has 1 saturated heterocycles. The van der Waals surface area contributed by atoms with Gasteiger partial charge in [-0.3, -0.25) is 0 Å². The molecule has 2 atom stereocenters. The molecule has 20 heavy (non-hydrogen) atoms. The number of sulfonamides is 1. The molecule has 7 nitrogen and oxygen atoms in total. The Morgan fingerprint density at radius 2 is 1.80 bits per heavy atom. The molecule has 0 aromatic heterocycles. The van der Waals surface area contributed by atoms with Crippen molar-refractivity contribution >= 4 is 21.4 Å². The molecule has 0 bridgehead atoms. The van der Waals surface area contributed by atoms with Crippen molar-refractivity contribution < 1.29 is 18.6 Å². The van der Waals surface area contributed by atoms with Crippen molar-refractivity contribution in [1.82, 2.24) is 4.31 Å². The van der Waals surface area contributed by atoms with Crippen molar-refractivity contribution in [3.63, 3.8) is 0 Å². The SMILES string of the molecule is CN(C)S(=O)(=O)c1ccc(N)c(N2CC(O)C(O)C2)c1. The molecule has 0 aliphatic carbocycles. The third-order valence-corrected chi connectivity index (χ3v) is 5.19. The second kappa shape index (κ2) is 5.21. The van der Waals surface area contributed by atoms with Crippen molar-refractivity contribution in [3.05, 3.63) is 18.2 Å². The van der Waals surface area contributed by atoms with Gasteiger partial charge in [0.05, 0.1) is 28.5 Å². The number of nitrogens with two attached hydrogens (primary N) is 1. The number of aliphatic hydroxyl groups excluding tert-OH is 2. The summed E-state index contributed by atoms with van der Waals surface area (Å²) < 4.78 is 25.3. The summed E-state index contributed by atoms with van der Waals surface area (Å²) in [6.07, 6.45) is -1.72. The van der Waals surface area contributed by atoms with E-state index in [1.54, 1.807) is 4.90 Å². The van der Waals surface area contributed by atoms with Crippen LogP contribution in [0.2, 0.25) is 0 Å². The Morgan fingerprint density at radius 1 is 1.25 bits per heavy atom. The first-order chi connectivity index (χ1) is 9.23. The highest BCUT2D eigenvalue weighted by atomic mass is 32.2. The van der Waals surface area contributed by atoms with E-state index in [0.717, 1.165) is 4.31 Å². The van der Waals surface area contributed by atoms with Gasteiger partial charge in [0.1, 0.15) is 0 Å². The molecule has 2 rings (SSSR count). The van der Waals surface area contributed by atoms with Gasteiger partial charge in [-0.15, -0.1) is 0 Å². The van der Waals surface area contributed by atoms with Crippen molar-refractivity contribution in [2.75, 3.05) is 37.8 Å². The molecule has 1 aliphatic heterocycles. The monoisotopic (exact) mass is 301 g/mol. The smallest absolute Gasteiger partial charge is 0.242 e. The Bertz CT molecular complexity index is 593. The summed E-state index contributed by atoms with van der Waals surface area (Å²) in [7, 11) is -0.640. The summed E-state index contributed by atoms with van der Waals surface area (Å²) in [5.41, 5.74) is 6.78. The van der Waals surface area contributed by atoms with Gasteiger partial charge >= 0.3 is 0 Å². The van der Waals surface area contributed by atoms with Gasteiger partial charge in [0.2, 0.25) is 10.0 Å². The Labute approximate surface area is 118 Å². The highest BCUT2D eigenvalue weighted by Crippen LogP contribution is 2.30. The minimum atomic E-state index is -3.55. The predicted octanol–water partition coefficient (Wildman–Crippen LogP) is -0.939. The van der Waals surface area contributed by atoms with E-state index in [0.29, 0.717) is 11.4 Å². The van der Waals surface area contributed by atoms with Gasteiger partial charge < -0.3 is 20.8 Å². The lowest BCUT2D eigenvalue weighted by Crippen LogP contribution is -2.25. The maximum atomic E-state index is 12.1. The fourth-order valence-electron chi connectivity index (χ4n) is 2.13. The minimum absolute atomic E-state index is 0.127. The van der Waals surface area contributed by atoms with E-state index in [4.69, 9.17) is 5.73 Å². The van der Waals surface area contributed by atoms with E-state index >= 15 is 0 Å². The number of hydrogen-bond donors (Lipinski definition) is 3. The van der Waals surface area contributed by atoms with E-state index in [1.165, 1.54) is 32.3 Å². The van der Waals surface area contributed by atoms with E-state index in [2.05, 4.69) is 0 Å². The van der Waals surface area contributed by atoms with Crippen LogP contribution < -0.4 is 10.6 Å². The summed E-state index contributed by atoms with van der Waals surface area (Å²) in [4.78, 5) is 1.81. The molecule has 1 aromatic rings. The van der Waals surface area contributed by atoms with Gasteiger partial charge in [0.15, 0.2) is 0 Å². The van der Waals surface area contributed by atoms with Crippen LogP contribution in [0.1, 0.15) is 0 Å². The molecule has 0 amide bonds. The minimum Gasteiger partial charge on any atom is -0.397 e. The van der Waals surface area contributed by atoms with Crippen LogP contribution in [0, 0.1) is 0 Å². The first kappa shape index (κ1) is 15.0. The summed E-state index contributed by atoms with van der Waals surface area (Å²) in [6.45, 7) is 0.438. The van der Waals surface area contributed by atoms with Crippen LogP contribution in [0.3, 0.4) is 0 Å². The van der Waals surface area contributed by atoms with Gasteiger partial charge in [-0.1, -0.05) is 0 Å². The average molecular weight is 301 g/mol. The van der Waals surface area contributed by atoms with Crippen LogP contribution in [-0.2, 0) is 10.0 Å². The van der Waals surface area contributed by atoms with Crippen molar-refractivity contribution in [2.45, 2.75) is 17.1 Å². The zero-order valence-electron chi connectivity index (χ0n) is 11.4. The average Bonchev–Trinajstić information content (AvgIpc) is 2.69. The number of aliphatic hydroxyl groups is 2. The third kappa shape index (κ3) is 2.59. The second-order valence-corrected chi connectivity index (χ2v) is 7.20. The molecule has 1 aliphatic rings. The zero-order chi connectivity index (χ0) is 15.1. The molecule has 8 heteroatoms. The van der Waals surface area contributed by atoms with E-state index in [-0.39, 0.29) is 18.0 Å². The topological polar surface area (TPSA) is 107 Å². The van der Waals surface area contributed by atoms with E-state index < -0.39 is 22.2 Å². The van der Waals surface area contributed by atoms with Crippen molar-refractivity contribution in [2.24, 2.45) is 0 Å². The van der Waals surface area contributed by atoms with Gasteiger partial charge in [-0.2, -0.15) is 0 Å². The predicted molar refractivity (Wildman–Crippen MR) is 76.0 cm³/mol. The normalized spacial score (nSPS) is 23.6. The van der Waals surface area contributed by atoms with Gasteiger partial charge in [0, 0.05) is 27.2 Å². The molecule has 1 aromatic carbocycles. The van der Waals surface area contributed by atoms with Gasteiger partial charge in [0.25, 0.3) is 0 Å². The molecule has 0 radical (unpaired) electrons. The number of nitrogen functional groups attached to an aromatic ring is 1. The number of benzene rings is 1. The fourth-order valence-corrected chi connectivity index (χ4v) is 3.06. The van der Waals surface area contributed by atoms with Gasteiger partial charge in [-0.05, 0) is 18.2 Å². The number of β-amino-alcohol motifs (C(OH)–C–C–N with tert-alkyl or cyclic N) is 2. The molecule has 0 spiro atoms. The van der Waals surface area contributed by atoms with Crippen molar-refractivity contribution in [1.29, 1.82) is 0 Å². The van der Waals surface area contributed by atoms with E-state index in [1.807, 2.05) is 0 Å². The molecule has 2 unspecified atom stereocenters. The lowest BCUT2D eigenvalue weighted by Gasteiger charge is -2.21. The molecular weight excluding hydrogens is 282 g/mol. The van der Waals surface area contributed by atoms with Crippen molar-refractivity contribution in [3.8, 4) is 0 Å².